The van der Waals surface area contributed by atoms with Crippen LogP contribution in [0.15, 0.2) is 5.38 Å². The SMILES string of the molecule is CC(C)[C@H](C[C@@H](O)c1nc(C(=O)O)cs1)N(C)C(=O)OC(C)(C)C. The molecule has 1 aromatic heterocycles. The lowest BCUT2D eigenvalue weighted by molar-refractivity contribution is 0.0106. The maximum atomic E-state index is 12.2. The van der Waals surface area contributed by atoms with Crippen molar-refractivity contribution in [2.75, 3.05) is 7.05 Å². The lowest BCUT2D eigenvalue weighted by Crippen LogP contribution is -2.44. The fraction of sp³-hybridized carbons (Fsp3) is 0.688. The number of amides is 1. The number of nitrogens with zero attached hydrogens (tertiary/aromatic N) is 2. The molecule has 0 aromatic carbocycles. The summed E-state index contributed by atoms with van der Waals surface area (Å²) in [6.07, 6.45) is -1.15. The number of aromatic nitrogens is 1. The topological polar surface area (TPSA) is 100.0 Å². The number of carbonyl (C=O) groups excluding carboxylic acids is 1. The molecule has 1 aromatic rings. The normalized spacial score (nSPS) is 14.3. The van der Waals surface area contributed by atoms with Crippen molar-refractivity contribution in [3.8, 4) is 0 Å². The Morgan fingerprint density at radius 1 is 1.38 bits per heavy atom. The summed E-state index contributed by atoms with van der Waals surface area (Å²) in [5, 5.41) is 21.0. The monoisotopic (exact) mass is 358 g/mol. The summed E-state index contributed by atoms with van der Waals surface area (Å²) in [5.41, 5.74) is -0.687. The van der Waals surface area contributed by atoms with Crippen molar-refractivity contribution in [1.82, 2.24) is 9.88 Å². The first-order valence-electron chi connectivity index (χ1n) is 7.75. The van der Waals surface area contributed by atoms with Gasteiger partial charge in [-0.2, -0.15) is 0 Å². The standard InChI is InChI=1S/C16H26N2O5S/c1-9(2)11(18(6)15(22)23-16(3,4)5)7-12(19)13-17-10(8-24-13)14(20)21/h8-9,11-12,19H,7H2,1-6H3,(H,20,21)/t11-,12+/m0/s1. The second kappa shape index (κ2) is 7.94. The van der Waals surface area contributed by atoms with Crippen LogP contribution < -0.4 is 0 Å². The van der Waals surface area contributed by atoms with Crippen molar-refractivity contribution < 1.29 is 24.5 Å². The fourth-order valence-corrected chi connectivity index (χ4v) is 3.01. The van der Waals surface area contributed by atoms with E-state index in [0.717, 1.165) is 11.3 Å². The number of thiazole rings is 1. The van der Waals surface area contributed by atoms with Gasteiger partial charge in [0.1, 0.15) is 16.7 Å². The Hall–Kier alpha value is -1.67. The molecule has 1 heterocycles. The minimum absolute atomic E-state index is 0.0797. The predicted molar refractivity (Wildman–Crippen MR) is 91.3 cm³/mol. The Balaban J connectivity index is 2.84. The molecule has 0 unspecified atom stereocenters. The summed E-state index contributed by atoms with van der Waals surface area (Å²) in [7, 11) is 1.63. The van der Waals surface area contributed by atoms with E-state index in [2.05, 4.69) is 4.98 Å². The summed E-state index contributed by atoms with van der Waals surface area (Å²) < 4.78 is 5.37. The lowest BCUT2D eigenvalue weighted by Gasteiger charge is -2.34. The Kier molecular flexibility index (Phi) is 6.74. The number of aliphatic hydroxyl groups is 1. The van der Waals surface area contributed by atoms with Crippen LogP contribution in [0.4, 0.5) is 4.79 Å². The van der Waals surface area contributed by atoms with E-state index in [4.69, 9.17) is 9.84 Å². The van der Waals surface area contributed by atoms with E-state index >= 15 is 0 Å². The van der Waals surface area contributed by atoms with Gasteiger partial charge in [0.15, 0.2) is 5.69 Å². The zero-order valence-electron chi connectivity index (χ0n) is 14.9. The molecule has 0 radical (unpaired) electrons. The molecule has 7 nitrogen and oxygen atoms in total. The van der Waals surface area contributed by atoms with Crippen LogP contribution in [-0.2, 0) is 4.74 Å². The second-order valence-electron chi connectivity index (χ2n) is 7.03. The largest absolute Gasteiger partial charge is 0.476 e. The second-order valence-corrected chi connectivity index (χ2v) is 7.92. The quantitative estimate of drug-likeness (QED) is 0.810. The summed E-state index contributed by atoms with van der Waals surface area (Å²) in [5.74, 6) is -1.05. The van der Waals surface area contributed by atoms with E-state index in [1.54, 1.807) is 27.8 Å². The molecular weight excluding hydrogens is 332 g/mol. The van der Waals surface area contributed by atoms with Gasteiger partial charge in [-0.25, -0.2) is 14.6 Å². The van der Waals surface area contributed by atoms with E-state index in [-0.39, 0.29) is 24.1 Å². The van der Waals surface area contributed by atoms with E-state index in [1.807, 2.05) is 13.8 Å². The molecule has 1 rings (SSSR count). The minimum Gasteiger partial charge on any atom is -0.476 e. The minimum atomic E-state index is -1.13. The highest BCUT2D eigenvalue weighted by Crippen LogP contribution is 2.27. The maximum Gasteiger partial charge on any atom is 0.410 e. The molecule has 0 bridgehead atoms. The molecule has 0 saturated carbocycles. The number of ether oxygens (including phenoxy) is 1. The van der Waals surface area contributed by atoms with Crippen LogP contribution in [-0.4, -0.2) is 50.9 Å². The van der Waals surface area contributed by atoms with Crippen LogP contribution in [0.2, 0.25) is 0 Å². The summed E-state index contributed by atoms with van der Waals surface area (Å²) in [6, 6.07) is -0.271. The molecule has 0 aliphatic carbocycles. The molecule has 0 fully saturated rings. The Labute approximate surface area is 146 Å². The molecule has 8 heteroatoms. The number of rotatable bonds is 6. The summed E-state index contributed by atoms with van der Waals surface area (Å²) in [4.78, 5) is 28.5. The number of carboxylic acid groups (broad SMARTS) is 1. The van der Waals surface area contributed by atoms with Gasteiger partial charge in [-0.1, -0.05) is 13.8 Å². The average molecular weight is 358 g/mol. The third-order valence-corrected chi connectivity index (χ3v) is 4.39. The maximum absolute atomic E-state index is 12.2. The van der Waals surface area contributed by atoms with Gasteiger partial charge < -0.3 is 19.8 Å². The van der Waals surface area contributed by atoms with Gasteiger partial charge in [-0.3, -0.25) is 0 Å². The molecular formula is C16H26N2O5S. The van der Waals surface area contributed by atoms with Gasteiger partial charge in [-0.15, -0.1) is 11.3 Å². The van der Waals surface area contributed by atoms with E-state index < -0.39 is 23.8 Å². The molecule has 1 amide bonds. The number of carbonyl (C=O) groups is 2. The molecule has 2 atom stereocenters. The number of carboxylic acids is 1. The molecule has 0 saturated heterocycles. The van der Waals surface area contributed by atoms with Crippen molar-refractivity contribution >= 4 is 23.4 Å². The fourth-order valence-electron chi connectivity index (χ4n) is 2.22. The van der Waals surface area contributed by atoms with E-state index in [0.29, 0.717) is 5.01 Å². The van der Waals surface area contributed by atoms with Crippen molar-refractivity contribution in [2.45, 2.75) is 58.8 Å². The van der Waals surface area contributed by atoms with Gasteiger partial charge in [-0.05, 0) is 26.7 Å². The number of hydrogen-bond donors (Lipinski definition) is 2. The van der Waals surface area contributed by atoms with Crippen LogP contribution in [0.25, 0.3) is 0 Å². The van der Waals surface area contributed by atoms with Crippen LogP contribution in [0.1, 0.15) is 62.6 Å². The first kappa shape index (κ1) is 20.4. The number of aromatic carboxylic acids is 1. The van der Waals surface area contributed by atoms with Crippen molar-refractivity contribution in [3.05, 3.63) is 16.1 Å². The first-order valence-corrected chi connectivity index (χ1v) is 8.63. The zero-order chi connectivity index (χ0) is 18.7. The molecule has 0 aliphatic heterocycles. The third kappa shape index (κ3) is 5.76. The Morgan fingerprint density at radius 3 is 2.38 bits per heavy atom. The Bertz CT molecular complexity index is 579. The molecule has 0 spiro atoms. The zero-order valence-corrected chi connectivity index (χ0v) is 15.8. The molecule has 24 heavy (non-hydrogen) atoms. The van der Waals surface area contributed by atoms with Crippen LogP contribution in [0.5, 0.6) is 0 Å². The van der Waals surface area contributed by atoms with Gasteiger partial charge >= 0.3 is 12.1 Å². The summed E-state index contributed by atoms with van der Waals surface area (Å²) in [6.45, 7) is 9.27. The Morgan fingerprint density at radius 2 is 1.96 bits per heavy atom. The van der Waals surface area contributed by atoms with Gasteiger partial charge in [0.05, 0.1) is 0 Å². The van der Waals surface area contributed by atoms with Crippen molar-refractivity contribution in [2.24, 2.45) is 5.92 Å². The number of hydrogen-bond acceptors (Lipinski definition) is 6. The summed E-state index contributed by atoms with van der Waals surface area (Å²) >= 11 is 1.09. The highest BCUT2D eigenvalue weighted by Gasteiger charge is 2.30. The average Bonchev–Trinajstić information content (AvgIpc) is 2.91. The van der Waals surface area contributed by atoms with Crippen molar-refractivity contribution in [1.29, 1.82) is 0 Å². The van der Waals surface area contributed by atoms with Gasteiger partial charge in [0.2, 0.25) is 0 Å². The third-order valence-electron chi connectivity index (χ3n) is 3.44. The predicted octanol–water partition coefficient (Wildman–Crippen LogP) is 3.16. The number of aliphatic hydroxyl groups excluding tert-OH is 1. The van der Waals surface area contributed by atoms with Gasteiger partial charge in [0, 0.05) is 24.9 Å². The highest BCUT2D eigenvalue weighted by atomic mass is 32.1. The highest BCUT2D eigenvalue weighted by molar-refractivity contribution is 7.09. The first-order chi connectivity index (χ1) is 10.9. The van der Waals surface area contributed by atoms with Crippen LogP contribution in [0.3, 0.4) is 0 Å². The smallest absolute Gasteiger partial charge is 0.410 e. The molecule has 136 valence electrons. The molecule has 0 aliphatic rings. The lowest BCUT2D eigenvalue weighted by atomic mass is 9.97. The van der Waals surface area contributed by atoms with Crippen molar-refractivity contribution in [3.63, 3.8) is 0 Å². The van der Waals surface area contributed by atoms with E-state index in [1.165, 1.54) is 10.3 Å². The van der Waals surface area contributed by atoms with Crippen LogP contribution >= 0.6 is 11.3 Å². The molecule has 2 N–H and O–H groups in total. The van der Waals surface area contributed by atoms with Gasteiger partial charge in [0.25, 0.3) is 0 Å². The van der Waals surface area contributed by atoms with E-state index in [9.17, 15) is 14.7 Å². The van der Waals surface area contributed by atoms with Crippen LogP contribution in [0, 0.1) is 5.92 Å².